The highest BCUT2D eigenvalue weighted by Gasteiger charge is 2.24. The molecule has 102 valence electrons. The van der Waals surface area contributed by atoms with Gasteiger partial charge in [-0.3, -0.25) is 0 Å². The number of aromatic hydroxyl groups is 1. The highest BCUT2D eigenvalue weighted by Crippen LogP contribution is 2.22. The van der Waals surface area contributed by atoms with Crippen LogP contribution in [0.25, 0.3) is 0 Å². The number of benzene rings is 1. The molecule has 0 aliphatic heterocycles. The minimum absolute atomic E-state index is 0.193. The molecule has 18 heavy (non-hydrogen) atoms. The third-order valence-electron chi connectivity index (χ3n) is 3.74. The molecule has 1 atom stereocenters. The van der Waals surface area contributed by atoms with Gasteiger partial charge < -0.3 is 15.5 Å². The maximum absolute atomic E-state index is 10.1. The highest BCUT2D eigenvalue weighted by atomic mass is 16.3. The standard InChI is InChI=1S/C15H25NO2/c1-10(2)15(5,18)9-16-8-13-6-11(3)12(4)7-14(13)17/h6-7,10,16-18H,8-9H2,1-5H3. The second kappa shape index (κ2) is 5.72. The Morgan fingerprint density at radius 3 is 2.33 bits per heavy atom. The number of nitrogens with one attached hydrogen (secondary N) is 1. The molecule has 3 N–H and O–H groups in total. The van der Waals surface area contributed by atoms with Crippen molar-refractivity contribution < 1.29 is 10.2 Å². The van der Waals surface area contributed by atoms with Crippen LogP contribution in [0, 0.1) is 19.8 Å². The van der Waals surface area contributed by atoms with E-state index in [0.717, 1.165) is 11.1 Å². The largest absolute Gasteiger partial charge is 0.508 e. The van der Waals surface area contributed by atoms with Gasteiger partial charge in [-0.05, 0) is 43.9 Å². The summed E-state index contributed by atoms with van der Waals surface area (Å²) in [6.07, 6.45) is 0. The third-order valence-corrected chi connectivity index (χ3v) is 3.74. The highest BCUT2D eigenvalue weighted by molar-refractivity contribution is 5.40. The van der Waals surface area contributed by atoms with E-state index in [2.05, 4.69) is 5.32 Å². The van der Waals surface area contributed by atoms with Crippen molar-refractivity contribution in [2.75, 3.05) is 6.54 Å². The van der Waals surface area contributed by atoms with Crippen LogP contribution < -0.4 is 5.32 Å². The summed E-state index contributed by atoms with van der Waals surface area (Å²) in [4.78, 5) is 0. The van der Waals surface area contributed by atoms with Crippen molar-refractivity contribution in [3.8, 4) is 5.75 Å². The fourth-order valence-electron chi connectivity index (χ4n) is 1.66. The number of phenols is 1. The van der Waals surface area contributed by atoms with Crippen LogP contribution in [-0.2, 0) is 6.54 Å². The average molecular weight is 251 g/mol. The minimum Gasteiger partial charge on any atom is -0.508 e. The quantitative estimate of drug-likeness (QED) is 0.753. The Morgan fingerprint density at radius 2 is 1.78 bits per heavy atom. The van der Waals surface area contributed by atoms with E-state index >= 15 is 0 Å². The molecule has 0 aliphatic carbocycles. The number of hydrogen-bond donors (Lipinski definition) is 3. The van der Waals surface area contributed by atoms with E-state index in [1.165, 1.54) is 5.56 Å². The molecule has 1 aromatic rings. The smallest absolute Gasteiger partial charge is 0.120 e. The van der Waals surface area contributed by atoms with E-state index in [1.807, 2.05) is 40.7 Å². The van der Waals surface area contributed by atoms with Crippen molar-refractivity contribution in [1.29, 1.82) is 0 Å². The van der Waals surface area contributed by atoms with Crippen LogP contribution in [0.4, 0.5) is 0 Å². The van der Waals surface area contributed by atoms with Gasteiger partial charge in [-0.15, -0.1) is 0 Å². The maximum atomic E-state index is 10.1. The monoisotopic (exact) mass is 251 g/mol. The summed E-state index contributed by atoms with van der Waals surface area (Å²) >= 11 is 0. The lowest BCUT2D eigenvalue weighted by atomic mass is 9.92. The van der Waals surface area contributed by atoms with Crippen molar-refractivity contribution in [3.05, 3.63) is 28.8 Å². The van der Waals surface area contributed by atoms with Crippen molar-refractivity contribution in [1.82, 2.24) is 5.32 Å². The molecular weight excluding hydrogens is 226 g/mol. The van der Waals surface area contributed by atoms with Crippen LogP contribution in [0.1, 0.15) is 37.5 Å². The Bertz CT molecular complexity index is 411. The molecular formula is C15H25NO2. The molecule has 0 heterocycles. The third kappa shape index (κ3) is 3.72. The molecule has 3 heteroatoms. The first-order valence-electron chi connectivity index (χ1n) is 6.46. The van der Waals surface area contributed by atoms with Crippen molar-refractivity contribution in [2.24, 2.45) is 5.92 Å². The molecule has 0 fully saturated rings. The van der Waals surface area contributed by atoms with Crippen molar-refractivity contribution in [3.63, 3.8) is 0 Å². The van der Waals surface area contributed by atoms with Gasteiger partial charge in [0.2, 0.25) is 0 Å². The van der Waals surface area contributed by atoms with E-state index in [9.17, 15) is 10.2 Å². The minimum atomic E-state index is -0.727. The second-order valence-corrected chi connectivity index (χ2v) is 5.68. The molecule has 0 saturated heterocycles. The zero-order chi connectivity index (χ0) is 13.9. The number of phenolic OH excluding ortho intramolecular Hbond substituents is 1. The molecule has 0 radical (unpaired) electrons. The number of aliphatic hydroxyl groups is 1. The molecule has 0 bridgehead atoms. The van der Waals surface area contributed by atoms with E-state index in [0.29, 0.717) is 18.8 Å². The zero-order valence-corrected chi connectivity index (χ0v) is 12.0. The lowest BCUT2D eigenvalue weighted by Crippen LogP contribution is -2.41. The van der Waals surface area contributed by atoms with E-state index < -0.39 is 5.60 Å². The van der Waals surface area contributed by atoms with Crippen molar-refractivity contribution >= 4 is 0 Å². The Labute approximate surface area is 110 Å². The van der Waals surface area contributed by atoms with Crippen LogP contribution in [-0.4, -0.2) is 22.4 Å². The molecule has 0 saturated carbocycles. The van der Waals surface area contributed by atoms with E-state index in [-0.39, 0.29) is 5.92 Å². The SMILES string of the molecule is Cc1cc(O)c(CNCC(C)(O)C(C)C)cc1C. The first kappa shape index (κ1) is 15.0. The fourth-order valence-corrected chi connectivity index (χ4v) is 1.66. The van der Waals surface area contributed by atoms with Crippen LogP contribution in [0.3, 0.4) is 0 Å². The normalized spacial score (nSPS) is 14.8. The summed E-state index contributed by atoms with van der Waals surface area (Å²) in [5.74, 6) is 0.508. The topological polar surface area (TPSA) is 52.5 Å². The lowest BCUT2D eigenvalue weighted by molar-refractivity contribution is 0.0139. The fraction of sp³-hybridized carbons (Fsp3) is 0.600. The van der Waals surface area contributed by atoms with Gasteiger partial charge in [0, 0.05) is 18.7 Å². The van der Waals surface area contributed by atoms with Gasteiger partial charge in [0.25, 0.3) is 0 Å². The van der Waals surface area contributed by atoms with Crippen LogP contribution in [0.2, 0.25) is 0 Å². The number of aryl methyl sites for hydroxylation is 2. The van der Waals surface area contributed by atoms with Gasteiger partial charge in [-0.2, -0.15) is 0 Å². The summed E-state index contributed by atoms with van der Waals surface area (Å²) in [6.45, 7) is 10.9. The van der Waals surface area contributed by atoms with Crippen LogP contribution in [0.5, 0.6) is 5.75 Å². The first-order valence-corrected chi connectivity index (χ1v) is 6.46. The summed E-state index contributed by atoms with van der Waals surface area (Å²) in [7, 11) is 0. The number of hydrogen-bond acceptors (Lipinski definition) is 3. The van der Waals surface area contributed by atoms with Gasteiger partial charge in [-0.25, -0.2) is 0 Å². The summed E-state index contributed by atoms with van der Waals surface area (Å²) in [6, 6.07) is 3.77. The maximum Gasteiger partial charge on any atom is 0.120 e. The Morgan fingerprint density at radius 1 is 1.22 bits per heavy atom. The second-order valence-electron chi connectivity index (χ2n) is 5.68. The summed E-state index contributed by atoms with van der Waals surface area (Å²) in [5, 5.41) is 23.2. The molecule has 0 aliphatic rings. The molecule has 1 unspecified atom stereocenters. The van der Waals surface area contributed by atoms with Gasteiger partial charge in [0.15, 0.2) is 0 Å². The molecule has 1 aromatic carbocycles. The predicted octanol–water partition coefficient (Wildman–Crippen LogP) is 2.51. The molecule has 0 amide bonds. The van der Waals surface area contributed by atoms with E-state index in [4.69, 9.17) is 0 Å². The predicted molar refractivity (Wildman–Crippen MR) is 74.7 cm³/mol. The zero-order valence-electron chi connectivity index (χ0n) is 12.0. The first-order chi connectivity index (χ1) is 8.24. The summed E-state index contributed by atoms with van der Waals surface area (Å²) < 4.78 is 0. The Balaban J connectivity index is 2.62. The summed E-state index contributed by atoms with van der Waals surface area (Å²) in [5.41, 5.74) is 2.40. The van der Waals surface area contributed by atoms with Crippen molar-refractivity contribution in [2.45, 2.75) is 46.8 Å². The van der Waals surface area contributed by atoms with Gasteiger partial charge in [-0.1, -0.05) is 19.9 Å². The molecule has 3 nitrogen and oxygen atoms in total. The van der Waals surface area contributed by atoms with Crippen LogP contribution >= 0.6 is 0 Å². The molecule has 1 rings (SSSR count). The van der Waals surface area contributed by atoms with Gasteiger partial charge in [0.05, 0.1) is 5.60 Å². The Hall–Kier alpha value is -1.06. The lowest BCUT2D eigenvalue weighted by Gasteiger charge is -2.28. The van der Waals surface area contributed by atoms with Crippen LogP contribution in [0.15, 0.2) is 12.1 Å². The Kier molecular flexibility index (Phi) is 4.77. The average Bonchev–Trinajstić information content (AvgIpc) is 2.25. The number of rotatable bonds is 5. The van der Waals surface area contributed by atoms with Gasteiger partial charge in [0.1, 0.15) is 5.75 Å². The molecule has 0 aromatic heterocycles. The van der Waals surface area contributed by atoms with E-state index in [1.54, 1.807) is 6.07 Å². The molecule has 0 spiro atoms. The van der Waals surface area contributed by atoms with Gasteiger partial charge >= 0.3 is 0 Å².